The summed E-state index contributed by atoms with van der Waals surface area (Å²) in [4.78, 5) is 11.8. The van der Waals surface area contributed by atoms with Crippen LogP contribution < -0.4 is 15.4 Å². The summed E-state index contributed by atoms with van der Waals surface area (Å²) in [6, 6.07) is 17.5. The molecule has 0 saturated heterocycles. The summed E-state index contributed by atoms with van der Waals surface area (Å²) in [5.74, 6) is 0.724. The van der Waals surface area contributed by atoms with Gasteiger partial charge in [-0.25, -0.2) is 0 Å². The molecule has 0 saturated carbocycles. The van der Waals surface area contributed by atoms with Crippen LogP contribution >= 0.6 is 0 Å². The first kappa shape index (κ1) is 15.1. The highest BCUT2D eigenvalue weighted by molar-refractivity contribution is 5.92. The van der Waals surface area contributed by atoms with Crippen LogP contribution in [0.1, 0.15) is 5.56 Å². The Hall–Kier alpha value is -2.33. The normalized spacial score (nSPS) is 10.1. The molecule has 21 heavy (non-hydrogen) atoms. The molecule has 0 spiro atoms. The molecule has 0 aliphatic rings. The number of benzene rings is 2. The van der Waals surface area contributed by atoms with Crippen LogP contribution in [0.25, 0.3) is 0 Å². The highest BCUT2D eigenvalue weighted by atomic mass is 16.5. The van der Waals surface area contributed by atoms with E-state index in [1.54, 1.807) is 7.11 Å². The molecule has 2 aromatic rings. The third kappa shape index (κ3) is 5.28. The van der Waals surface area contributed by atoms with Crippen molar-refractivity contribution < 1.29 is 9.53 Å². The van der Waals surface area contributed by atoms with Gasteiger partial charge in [0.1, 0.15) is 5.75 Å². The van der Waals surface area contributed by atoms with Crippen molar-refractivity contribution in [2.75, 3.05) is 25.5 Å². The molecule has 1 amide bonds. The van der Waals surface area contributed by atoms with E-state index in [4.69, 9.17) is 4.74 Å². The number of anilines is 1. The number of carbonyl (C=O) groups is 1. The van der Waals surface area contributed by atoms with Crippen molar-refractivity contribution in [1.82, 2.24) is 5.32 Å². The maximum atomic E-state index is 11.8. The van der Waals surface area contributed by atoms with Crippen molar-refractivity contribution in [3.05, 3.63) is 60.2 Å². The highest BCUT2D eigenvalue weighted by Crippen LogP contribution is 2.14. The fourth-order valence-corrected chi connectivity index (χ4v) is 1.96. The largest absolute Gasteiger partial charge is 0.497 e. The number of hydrogen-bond acceptors (Lipinski definition) is 3. The van der Waals surface area contributed by atoms with Gasteiger partial charge in [-0.3, -0.25) is 4.79 Å². The first-order chi connectivity index (χ1) is 10.3. The Morgan fingerprint density at radius 3 is 2.43 bits per heavy atom. The Labute approximate surface area is 125 Å². The Kier molecular flexibility index (Phi) is 5.79. The SMILES string of the molecule is COc1ccc(NC(=O)CNCCc2ccccc2)cc1. The quantitative estimate of drug-likeness (QED) is 0.768. The summed E-state index contributed by atoms with van der Waals surface area (Å²) in [5, 5.41) is 5.97. The number of methoxy groups -OCH3 is 1. The van der Waals surface area contributed by atoms with Gasteiger partial charge < -0.3 is 15.4 Å². The number of hydrogen-bond donors (Lipinski definition) is 2. The Morgan fingerprint density at radius 1 is 1.05 bits per heavy atom. The second kappa shape index (κ2) is 8.07. The van der Waals surface area contributed by atoms with Crippen molar-refractivity contribution in [1.29, 1.82) is 0 Å². The fraction of sp³-hybridized carbons (Fsp3) is 0.235. The van der Waals surface area contributed by atoms with Gasteiger partial charge >= 0.3 is 0 Å². The van der Waals surface area contributed by atoms with E-state index in [9.17, 15) is 4.79 Å². The lowest BCUT2D eigenvalue weighted by Crippen LogP contribution is -2.29. The molecule has 0 heterocycles. The zero-order valence-corrected chi connectivity index (χ0v) is 12.1. The zero-order valence-electron chi connectivity index (χ0n) is 12.1. The number of carbonyl (C=O) groups excluding carboxylic acids is 1. The lowest BCUT2D eigenvalue weighted by atomic mass is 10.1. The van der Waals surface area contributed by atoms with E-state index in [0.29, 0.717) is 6.54 Å². The van der Waals surface area contributed by atoms with Crippen molar-refractivity contribution in [3.63, 3.8) is 0 Å². The third-order valence-corrected chi connectivity index (χ3v) is 3.09. The minimum Gasteiger partial charge on any atom is -0.497 e. The Bertz CT molecular complexity index is 553. The van der Waals surface area contributed by atoms with Crippen LogP contribution in [0.15, 0.2) is 54.6 Å². The van der Waals surface area contributed by atoms with Crippen LogP contribution in [0.4, 0.5) is 5.69 Å². The van der Waals surface area contributed by atoms with Gasteiger partial charge in [-0.1, -0.05) is 30.3 Å². The van der Waals surface area contributed by atoms with Crippen LogP contribution in [0.5, 0.6) is 5.75 Å². The summed E-state index contributed by atoms with van der Waals surface area (Å²) >= 11 is 0. The van der Waals surface area contributed by atoms with Gasteiger partial charge in [-0.05, 0) is 42.8 Å². The topological polar surface area (TPSA) is 50.4 Å². The maximum absolute atomic E-state index is 11.8. The molecule has 0 atom stereocenters. The lowest BCUT2D eigenvalue weighted by Gasteiger charge is -2.07. The molecule has 110 valence electrons. The van der Waals surface area contributed by atoms with E-state index in [0.717, 1.165) is 24.4 Å². The van der Waals surface area contributed by atoms with Crippen LogP contribution in [-0.2, 0) is 11.2 Å². The van der Waals surface area contributed by atoms with Crippen molar-refractivity contribution in [2.45, 2.75) is 6.42 Å². The van der Waals surface area contributed by atoms with Crippen LogP contribution in [0.3, 0.4) is 0 Å². The van der Waals surface area contributed by atoms with Crippen LogP contribution in [0, 0.1) is 0 Å². The number of amides is 1. The van der Waals surface area contributed by atoms with Crippen LogP contribution in [0.2, 0.25) is 0 Å². The van der Waals surface area contributed by atoms with E-state index in [1.165, 1.54) is 5.56 Å². The van der Waals surface area contributed by atoms with Gasteiger partial charge in [0.15, 0.2) is 0 Å². The zero-order chi connectivity index (χ0) is 14.9. The second-order valence-electron chi connectivity index (χ2n) is 4.69. The predicted octanol–water partition coefficient (Wildman–Crippen LogP) is 2.47. The second-order valence-corrected chi connectivity index (χ2v) is 4.69. The highest BCUT2D eigenvalue weighted by Gasteiger charge is 2.02. The van der Waals surface area contributed by atoms with Gasteiger partial charge in [0, 0.05) is 5.69 Å². The molecule has 2 N–H and O–H groups in total. The molecular weight excluding hydrogens is 264 g/mol. The van der Waals surface area contributed by atoms with Crippen molar-refractivity contribution >= 4 is 11.6 Å². The summed E-state index contributed by atoms with van der Waals surface area (Å²) in [7, 11) is 1.62. The summed E-state index contributed by atoms with van der Waals surface area (Å²) in [5.41, 5.74) is 2.03. The van der Waals surface area contributed by atoms with E-state index < -0.39 is 0 Å². The van der Waals surface area contributed by atoms with Crippen molar-refractivity contribution in [3.8, 4) is 5.75 Å². The van der Waals surface area contributed by atoms with E-state index in [-0.39, 0.29) is 5.91 Å². The molecule has 0 radical (unpaired) electrons. The first-order valence-corrected chi connectivity index (χ1v) is 6.96. The van der Waals surface area contributed by atoms with Gasteiger partial charge in [0.25, 0.3) is 0 Å². The maximum Gasteiger partial charge on any atom is 0.238 e. The number of ether oxygens (including phenoxy) is 1. The fourth-order valence-electron chi connectivity index (χ4n) is 1.96. The van der Waals surface area contributed by atoms with E-state index in [2.05, 4.69) is 22.8 Å². The van der Waals surface area contributed by atoms with Gasteiger partial charge in [0.2, 0.25) is 5.91 Å². The monoisotopic (exact) mass is 284 g/mol. The molecule has 2 aromatic carbocycles. The average Bonchev–Trinajstić information content (AvgIpc) is 2.53. The van der Waals surface area contributed by atoms with Gasteiger partial charge in [-0.2, -0.15) is 0 Å². The molecule has 0 bridgehead atoms. The van der Waals surface area contributed by atoms with E-state index in [1.807, 2.05) is 42.5 Å². The minimum atomic E-state index is -0.0479. The molecule has 0 aliphatic heterocycles. The first-order valence-electron chi connectivity index (χ1n) is 6.96. The molecule has 0 aliphatic carbocycles. The Balaban J connectivity index is 1.67. The third-order valence-electron chi connectivity index (χ3n) is 3.09. The molecule has 0 fully saturated rings. The minimum absolute atomic E-state index is 0.0479. The lowest BCUT2D eigenvalue weighted by molar-refractivity contribution is -0.115. The standard InChI is InChI=1S/C17H20N2O2/c1-21-16-9-7-15(8-10-16)19-17(20)13-18-12-11-14-5-3-2-4-6-14/h2-10,18H,11-13H2,1H3,(H,19,20). The van der Waals surface area contributed by atoms with Gasteiger partial charge in [0.05, 0.1) is 13.7 Å². The number of rotatable bonds is 7. The van der Waals surface area contributed by atoms with E-state index >= 15 is 0 Å². The molecule has 0 aromatic heterocycles. The van der Waals surface area contributed by atoms with Crippen LogP contribution in [-0.4, -0.2) is 26.1 Å². The molecular formula is C17H20N2O2. The molecule has 2 rings (SSSR count). The Morgan fingerprint density at radius 2 is 1.76 bits per heavy atom. The van der Waals surface area contributed by atoms with Gasteiger partial charge in [-0.15, -0.1) is 0 Å². The van der Waals surface area contributed by atoms with Crippen molar-refractivity contribution in [2.24, 2.45) is 0 Å². The average molecular weight is 284 g/mol. The smallest absolute Gasteiger partial charge is 0.238 e. The predicted molar refractivity (Wildman–Crippen MR) is 84.6 cm³/mol. The summed E-state index contributed by atoms with van der Waals surface area (Å²) < 4.78 is 5.07. The molecule has 4 heteroatoms. The molecule has 4 nitrogen and oxygen atoms in total. The summed E-state index contributed by atoms with van der Waals surface area (Å²) in [6.07, 6.45) is 0.913. The molecule has 0 unspecified atom stereocenters. The summed E-state index contributed by atoms with van der Waals surface area (Å²) in [6.45, 7) is 1.08. The number of nitrogens with one attached hydrogen (secondary N) is 2.